The number of carbonyl (C=O) groups excluding carboxylic acids is 2. The van der Waals surface area contributed by atoms with E-state index >= 15 is 0 Å². The van der Waals surface area contributed by atoms with Crippen LogP contribution in [0, 0.1) is 5.92 Å². The maximum Gasteiger partial charge on any atom is 0.339 e. The summed E-state index contributed by atoms with van der Waals surface area (Å²) in [5.41, 5.74) is 0.0269. The molecular formula is C18H26ClN3O5S. The fraction of sp³-hybridized carbons (Fsp3) is 0.556. The van der Waals surface area contributed by atoms with E-state index in [0.717, 1.165) is 13.1 Å². The van der Waals surface area contributed by atoms with Gasteiger partial charge in [0.15, 0.2) is 0 Å². The Morgan fingerprint density at radius 2 is 1.68 bits per heavy atom. The molecule has 0 spiro atoms. The summed E-state index contributed by atoms with van der Waals surface area (Å²) in [5, 5.41) is 3.22. The zero-order chi connectivity index (χ0) is 19.4. The number of ether oxygens (including phenoxy) is 1. The van der Waals surface area contributed by atoms with Crippen LogP contribution in [0.5, 0.6) is 0 Å². The lowest BCUT2D eigenvalue weighted by molar-refractivity contribution is -0.137. The first-order valence-corrected chi connectivity index (χ1v) is 10.6. The molecule has 0 unspecified atom stereocenters. The SMILES string of the molecule is COC(=O)c1ccccc1S(=O)(=O)N1CCC(C(=O)N2CCNCC2)CC1.Cl. The van der Waals surface area contributed by atoms with Crippen LogP contribution < -0.4 is 5.32 Å². The Labute approximate surface area is 171 Å². The Morgan fingerprint density at radius 3 is 2.29 bits per heavy atom. The number of nitrogens with zero attached hydrogens (tertiary/aromatic N) is 2. The highest BCUT2D eigenvalue weighted by Crippen LogP contribution is 2.27. The fourth-order valence-electron chi connectivity index (χ4n) is 3.60. The van der Waals surface area contributed by atoms with Crippen molar-refractivity contribution in [1.82, 2.24) is 14.5 Å². The topological polar surface area (TPSA) is 96.0 Å². The lowest BCUT2D eigenvalue weighted by Crippen LogP contribution is -2.50. The molecule has 28 heavy (non-hydrogen) atoms. The van der Waals surface area contributed by atoms with Gasteiger partial charge in [-0.15, -0.1) is 12.4 Å². The van der Waals surface area contributed by atoms with E-state index in [9.17, 15) is 18.0 Å². The van der Waals surface area contributed by atoms with Crippen molar-refractivity contribution in [3.63, 3.8) is 0 Å². The summed E-state index contributed by atoms with van der Waals surface area (Å²) in [4.78, 5) is 26.4. The highest BCUT2D eigenvalue weighted by molar-refractivity contribution is 7.89. The van der Waals surface area contributed by atoms with Gasteiger partial charge in [0.25, 0.3) is 0 Å². The van der Waals surface area contributed by atoms with E-state index in [4.69, 9.17) is 4.74 Å². The number of sulfonamides is 1. The standard InChI is InChI=1S/C18H25N3O5S.ClH/c1-26-18(23)15-4-2-3-5-16(15)27(24,25)21-10-6-14(7-11-21)17(22)20-12-8-19-9-13-20;/h2-5,14,19H,6-13H2,1H3;1H. The molecule has 3 rings (SSSR count). The van der Waals surface area contributed by atoms with Crippen LogP contribution >= 0.6 is 12.4 Å². The molecule has 8 nitrogen and oxygen atoms in total. The molecule has 1 aromatic rings. The molecule has 2 fully saturated rings. The summed E-state index contributed by atoms with van der Waals surface area (Å²) in [5.74, 6) is -0.716. The minimum atomic E-state index is -3.82. The third-order valence-electron chi connectivity index (χ3n) is 5.14. The van der Waals surface area contributed by atoms with E-state index in [1.165, 1.54) is 23.5 Å². The number of piperidine rings is 1. The first kappa shape index (κ1) is 22.6. The summed E-state index contributed by atoms with van der Waals surface area (Å²) in [6.45, 7) is 3.51. The summed E-state index contributed by atoms with van der Waals surface area (Å²) >= 11 is 0. The van der Waals surface area contributed by atoms with E-state index in [2.05, 4.69) is 5.32 Å². The summed E-state index contributed by atoms with van der Waals surface area (Å²) in [7, 11) is -2.60. The maximum absolute atomic E-state index is 13.0. The van der Waals surface area contributed by atoms with Crippen LogP contribution in [-0.4, -0.2) is 75.9 Å². The van der Waals surface area contributed by atoms with Gasteiger partial charge in [0.2, 0.25) is 15.9 Å². The highest BCUT2D eigenvalue weighted by Gasteiger charge is 2.35. The van der Waals surface area contributed by atoms with Crippen molar-refractivity contribution in [2.75, 3.05) is 46.4 Å². The summed E-state index contributed by atoms with van der Waals surface area (Å²) in [6, 6.07) is 6.04. The average molecular weight is 432 g/mol. The Bertz CT molecular complexity index is 803. The monoisotopic (exact) mass is 431 g/mol. The number of esters is 1. The van der Waals surface area contributed by atoms with E-state index < -0.39 is 16.0 Å². The number of rotatable bonds is 4. The van der Waals surface area contributed by atoms with Crippen LogP contribution in [0.4, 0.5) is 0 Å². The lowest BCUT2D eigenvalue weighted by Gasteiger charge is -2.35. The van der Waals surface area contributed by atoms with Crippen molar-refractivity contribution >= 4 is 34.3 Å². The van der Waals surface area contributed by atoms with E-state index in [-0.39, 0.29) is 47.8 Å². The molecule has 0 atom stereocenters. The zero-order valence-electron chi connectivity index (χ0n) is 15.8. The van der Waals surface area contributed by atoms with Gasteiger partial charge < -0.3 is 15.0 Å². The average Bonchev–Trinajstić information content (AvgIpc) is 2.73. The van der Waals surface area contributed by atoms with Gasteiger partial charge in [-0.05, 0) is 25.0 Å². The molecule has 2 aliphatic heterocycles. The number of piperazine rings is 1. The van der Waals surface area contributed by atoms with Crippen molar-refractivity contribution in [2.24, 2.45) is 5.92 Å². The van der Waals surface area contributed by atoms with Crippen molar-refractivity contribution < 1.29 is 22.7 Å². The molecule has 2 saturated heterocycles. The van der Waals surface area contributed by atoms with Gasteiger partial charge in [-0.3, -0.25) is 4.79 Å². The first-order chi connectivity index (χ1) is 12.9. The van der Waals surface area contributed by atoms with Gasteiger partial charge >= 0.3 is 5.97 Å². The zero-order valence-corrected chi connectivity index (χ0v) is 17.4. The van der Waals surface area contributed by atoms with E-state index in [1.807, 2.05) is 4.90 Å². The van der Waals surface area contributed by atoms with Crippen molar-refractivity contribution in [1.29, 1.82) is 0 Å². The molecule has 0 aliphatic carbocycles. The largest absolute Gasteiger partial charge is 0.465 e. The number of hydrogen-bond acceptors (Lipinski definition) is 6. The van der Waals surface area contributed by atoms with Gasteiger partial charge in [-0.25, -0.2) is 13.2 Å². The van der Waals surface area contributed by atoms with Crippen LogP contribution in [0.25, 0.3) is 0 Å². The lowest BCUT2D eigenvalue weighted by atomic mass is 9.96. The fourth-order valence-corrected chi connectivity index (χ4v) is 5.25. The summed E-state index contributed by atoms with van der Waals surface area (Å²) in [6.07, 6.45) is 0.977. The van der Waals surface area contributed by atoms with Crippen molar-refractivity contribution in [3.8, 4) is 0 Å². The predicted octanol–water partition coefficient (Wildman–Crippen LogP) is 0.727. The Kier molecular flexibility index (Phi) is 7.82. The predicted molar refractivity (Wildman–Crippen MR) is 106 cm³/mol. The van der Waals surface area contributed by atoms with Crippen LogP contribution in [0.15, 0.2) is 29.2 Å². The van der Waals surface area contributed by atoms with Crippen LogP contribution in [0.2, 0.25) is 0 Å². The quantitative estimate of drug-likeness (QED) is 0.706. The minimum Gasteiger partial charge on any atom is -0.465 e. The molecule has 2 heterocycles. The van der Waals surface area contributed by atoms with E-state index in [0.29, 0.717) is 25.9 Å². The number of amides is 1. The highest BCUT2D eigenvalue weighted by atomic mass is 35.5. The normalized spacial score (nSPS) is 19.0. The molecule has 1 amide bonds. The number of benzene rings is 1. The van der Waals surface area contributed by atoms with Gasteiger partial charge in [0.05, 0.1) is 17.6 Å². The first-order valence-electron chi connectivity index (χ1n) is 9.12. The molecule has 0 radical (unpaired) electrons. The molecule has 2 aliphatic rings. The van der Waals surface area contributed by atoms with Crippen LogP contribution in [0.1, 0.15) is 23.2 Å². The molecule has 0 aromatic heterocycles. The van der Waals surface area contributed by atoms with Crippen LogP contribution in [-0.2, 0) is 19.6 Å². The number of nitrogens with one attached hydrogen (secondary N) is 1. The van der Waals surface area contributed by atoms with Gasteiger partial charge in [-0.1, -0.05) is 12.1 Å². The van der Waals surface area contributed by atoms with E-state index in [1.54, 1.807) is 12.1 Å². The Morgan fingerprint density at radius 1 is 1.07 bits per heavy atom. The summed E-state index contributed by atoms with van der Waals surface area (Å²) < 4.78 is 32.1. The third-order valence-corrected chi connectivity index (χ3v) is 7.10. The molecular weight excluding hydrogens is 406 g/mol. The van der Waals surface area contributed by atoms with Gasteiger partial charge in [0, 0.05) is 45.2 Å². The van der Waals surface area contributed by atoms with Crippen molar-refractivity contribution in [2.45, 2.75) is 17.7 Å². The molecule has 156 valence electrons. The Balaban J connectivity index is 0.00000280. The number of methoxy groups -OCH3 is 1. The molecule has 1 aromatic carbocycles. The molecule has 10 heteroatoms. The minimum absolute atomic E-state index is 0. The maximum atomic E-state index is 13.0. The molecule has 1 N–H and O–H groups in total. The Hall–Kier alpha value is -1.68. The molecule has 0 bridgehead atoms. The second-order valence-electron chi connectivity index (χ2n) is 6.74. The number of carbonyl (C=O) groups is 2. The number of hydrogen-bond donors (Lipinski definition) is 1. The van der Waals surface area contributed by atoms with Gasteiger partial charge in [-0.2, -0.15) is 4.31 Å². The van der Waals surface area contributed by atoms with Crippen LogP contribution in [0.3, 0.4) is 0 Å². The number of halogens is 1. The third kappa shape index (κ3) is 4.65. The molecule has 0 saturated carbocycles. The second kappa shape index (κ2) is 9.69. The second-order valence-corrected chi connectivity index (χ2v) is 8.65. The van der Waals surface area contributed by atoms with Crippen molar-refractivity contribution in [3.05, 3.63) is 29.8 Å². The van der Waals surface area contributed by atoms with Gasteiger partial charge in [0.1, 0.15) is 0 Å². The smallest absolute Gasteiger partial charge is 0.339 e.